The van der Waals surface area contributed by atoms with Crippen molar-refractivity contribution in [3.8, 4) is 5.75 Å². The van der Waals surface area contributed by atoms with Gasteiger partial charge in [0.15, 0.2) is 0 Å². The zero-order valence-electron chi connectivity index (χ0n) is 9.89. The predicted molar refractivity (Wildman–Crippen MR) is 66.4 cm³/mol. The molecular weight excluding hydrogens is 226 g/mol. The lowest BCUT2D eigenvalue weighted by Crippen LogP contribution is -2.09. The molecule has 0 aliphatic carbocycles. The van der Waals surface area contributed by atoms with Crippen LogP contribution >= 0.6 is 0 Å². The molecule has 1 aromatic carbocycles. The minimum atomic E-state index is 0.173. The minimum absolute atomic E-state index is 0.173. The van der Waals surface area contributed by atoms with Gasteiger partial charge in [-0.05, 0) is 6.07 Å². The van der Waals surface area contributed by atoms with Gasteiger partial charge in [-0.15, -0.1) is 0 Å². The van der Waals surface area contributed by atoms with Crippen LogP contribution in [0.15, 0.2) is 30.5 Å². The fourth-order valence-electron chi connectivity index (χ4n) is 2.62. The van der Waals surface area contributed by atoms with Gasteiger partial charge in [0.25, 0.3) is 0 Å². The second kappa shape index (κ2) is 3.78. The average molecular weight is 239 g/mol. The van der Waals surface area contributed by atoms with E-state index in [1.165, 1.54) is 11.1 Å². The Morgan fingerprint density at radius 2 is 2.17 bits per heavy atom. The van der Waals surface area contributed by atoms with Crippen LogP contribution in [0.5, 0.6) is 5.75 Å². The molecule has 18 heavy (non-hydrogen) atoms. The fourth-order valence-corrected chi connectivity index (χ4v) is 2.62. The highest BCUT2D eigenvalue weighted by Gasteiger charge is 2.28. The molecule has 2 aliphatic rings. The van der Waals surface area contributed by atoms with Crippen LogP contribution in [0, 0.1) is 0 Å². The summed E-state index contributed by atoms with van der Waals surface area (Å²) < 4.78 is 5.69. The first kappa shape index (κ1) is 10.0. The summed E-state index contributed by atoms with van der Waals surface area (Å²) in [6.07, 6.45) is 1.94. The first-order chi connectivity index (χ1) is 8.92. The summed E-state index contributed by atoms with van der Waals surface area (Å²) in [4.78, 5) is 9.18. The number of hydrogen-bond acceptors (Lipinski definition) is 4. The Labute approximate surface area is 105 Å². The van der Waals surface area contributed by atoms with Gasteiger partial charge in [0.05, 0.1) is 11.6 Å². The number of ether oxygens (including phenoxy) is 1. The van der Waals surface area contributed by atoms with Gasteiger partial charge in [-0.25, -0.2) is 9.97 Å². The Morgan fingerprint density at radius 3 is 3.17 bits per heavy atom. The van der Waals surface area contributed by atoms with Gasteiger partial charge in [0.2, 0.25) is 0 Å². The molecule has 4 heteroatoms. The van der Waals surface area contributed by atoms with Crippen molar-refractivity contribution < 1.29 is 4.74 Å². The fraction of sp³-hybridized carbons (Fsp3) is 0.286. The number of aromatic nitrogens is 2. The Bertz CT molecular complexity index is 612. The molecule has 0 fully saturated rings. The molecule has 1 atom stereocenters. The van der Waals surface area contributed by atoms with Gasteiger partial charge < -0.3 is 10.1 Å². The molecule has 0 spiro atoms. The van der Waals surface area contributed by atoms with Crippen molar-refractivity contribution in [2.24, 2.45) is 0 Å². The largest absolute Gasteiger partial charge is 0.492 e. The zero-order valence-corrected chi connectivity index (χ0v) is 9.89. The monoisotopic (exact) mass is 239 g/mol. The van der Waals surface area contributed by atoms with Gasteiger partial charge >= 0.3 is 0 Å². The third-order valence-corrected chi connectivity index (χ3v) is 3.59. The summed E-state index contributed by atoms with van der Waals surface area (Å²) in [5.41, 5.74) is 3.54. The molecule has 0 bridgehead atoms. The highest BCUT2D eigenvalue weighted by atomic mass is 16.5. The number of rotatable bonds is 1. The molecule has 1 N–H and O–H groups in total. The van der Waals surface area contributed by atoms with Gasteiger partial charge in [0, 0.05) is 30.4 Å². The molecule has 0 saturated carbocycles. The highest BCUT2D eigenvalue weighted by Crippen LogP contribution is 2.36. The van der Waals surface area contributed by atoms with Crippen LogP contribution in [0.3, 0.4) is 0 Å². The quantitative estimate of drug-likeness (QED) is 0.821. The second-order valence-electron chi connectivity index (χ2n) is 4.71. The van der Waals surface area contributed by atoms with Crippen molar-refractivity contribution in [1.82, 2.24) is 15.3 Å². The highest BCUT2D eigenvalue weighted by molar-refractivity contribution is 5.43. The van der Waals surface area contributed by atoms with Crippen LogP contribution in [-0.2, 0) is 13.1 Å². The number of nitrogens with zero attached hydrogens (tertiary/aromatic N) is 2. The number of nitrogens with one attached hydrogen (secondary N) is 1. The van der Waals surface area contributed by atoms with Crippen molar-refractivity contribution in [3.63, 3.8) is 0 Å². The van der Waals surface area contributed by atoms with E-state index in [0.29, 0.717) is 6.61 Å². The molecule has 0 saturated heterocycles. The normalized spacial score (nSPS) is 20.3. The van der Waals surface area contributed by atoms with Crippen LogP contribution < -0.4 is 10.1 Å². The van der Waals surface area contributed by atoms with Crippen molar-refractivity contribution in [2.45, 2.75) is 19.0 Å². The lowest BCUT2D eigenvalue weighted by atomic mass is 10.0. The zero-order chi connectivity index (χ0) is 11.9. The molecule has 0 radical (unpaired) electrons. The molecular formula is C14H13N3O. The number of fused-ring (bicyclic) bond motifs is 2. The molecule has 0 amide bonds. The van der Waals surface area contributed by atoms with Crippen molar-refractivity contribution in [2.75, 3.05) is 6.61 Å². The smallest absolute Gasteiger partial charge is 0.139 e. The van der Waals surface area contributed by atoms with Gasteiger partial charge in [-0.1, -0.05) is 18.2 Å². The molecule has 1 aromatic heterocycles. The van der Waals surface area contributed by atoms with Crippen LogP contribution in [0.4, 0.5) is 0 Å². The molecule has 3 heterocycles. The van der Waals surface area contributed by atoms with E-state index in [1.54, 1.807) is 0 Å². The lowest BCUT2D eigenvalue weighted by molar-refractivity contribution is 0.339. The topological polar surface area (TPSA) is 47.0 Å². The summed E-state index contributed by atoms with van der Waals surface area (Å²) in [5, 5.41) is 3.29. The first-order valence-electron chi connectivity index (χ1n) is 6.19. The van der Waals surface area contributed by atoms with Crippen molar-refractivity contribution in [1.29, 1.82) is 0 Å². The maximum Gasteiger partial charge on any atom is 0.139 e. The SMILES string of the molecule is c1ccc2c(c1)OCC2c1ncc2c(n1)CNC2. The Kier molecular flexibility index (Phi) is 2.11. The molecule has 2 aromatic rings. The maximum atomic E-state index is 5.69. The minimum Gasteiger partial charge on any atom is -0.492 e. The summed E-state index contributed by atoms with van der Waals surface area (Å²) in [7, 11) is 0. The van der Waals surface area contributed by atoms with E-state index in [1.807, 2.05) is 24.4 Å². The third kappa shape index (κ3) is 1.42. The van der Waals surface area contributed by atoms with Crippen molar-refractivity contribution in [3.05, 3.63) is 53.1 Å². The van der Waals surface area contributed by atoms with Crippen LogP contribution in [0.2, 0.25) is 0 Å². The Balaban J connectivity index is 1.77. The third-order valence-electron chi connectivity index (χ3n) is 3.59. The van der Waals surface area contributed by atoms with Crippen LogP contribution in [0.1, 0.15) is 28.6 Å². The Hall–Kier alpha value is -1.94. The predicted octanol–water partition coefficient (Wildman–Crippen LogP) is 1.60. The van der Waals surface area contributed by atoms with E-state index < -0.39 is 0 Å². The molecule has 4 nitrogen and oxygen atoms in total. The standard InChI is InChI=1S/C14H13N3O/c1-2-4-13-10(3-1)11(8-18-13)14-16-6-9-5-15-7-12(9)17-14/h1-4,6,11,15H,5,7-8H2. The number of hydrogen-bond donors (Lipinski definition) is 1. The second-order valence-corrected chi connectivity index (χ2v) is 4.71. The average Bonchev–Trinajstić information content (AvgIpc) is 3.04. The van der Waals surface area contributed by atoms with Crippen LogP contribution in [0.25, 0.3) is 0 Å². The van der Waals surface area contributed by atoms with E-state index in [-0.39, 0.29) is 5.92 Å². The summed E-state index contributed by atoms with van der Waals surface area (Å²) in [5.74, 6) is 2.01. The van der Waals surface area contributed by atoms with E-state index >= 15 is 0 Å². The van der Waals surface area contributed by atoms with Crippen LogP contribution in [-0.4, -0.2) is 16.6 Å². The maximum absolute atomic E-state index is 5.69. The lowest BCUT2D eigenvalue weighted by Gasteiger charge is -2.08. The van der Waals surface area contributed by atoms with Crippen molar-refractivity contribution >= 4 is 0 Å². The molecule has 2 aliphatic heterocycles. The summed E-state index contributed by atoms with van der Waals surface area (Å²) >= 11 is 0. The van der Waals surface area contributed by atoms with Gasteiger partial charge in [-0.2, -0.15) is 0 Å². The van der Waals surface area contributed by atoms with Gasteiger partial charge in [0.1, 0.15) is 18.2 Å². The van der Waals surface area contributed by atoms with E-state index in [0.717, 1.165) is 30.4 Å². The summed E-state index contributed by atoms with van der Waals surface area (Å²) in [6, 6.07) is 8.14. The van der Waals surface area contributed by atoms with E-state index in [4.69, 9.17) is 4.74 Å². The molecule has 90 valence electrons. The molecule has 1 unspecified atom stereocenters. The first-order valence-corrected chi connectivity index (χ1v) is 6.19. The number of para-hydroxylation sites is 1. The molecule has 4 rings (SSSR count). The van der Waals surface area contributed by atoms with E-state index in [9.17, 15) is 0 Å². The van der Waals surface area contributed by atoms with Gasteiger partial charge in [-0.3, -0.25) is 0 Å². The number of benzene rings is 1. The Morgan fingerprint density at radius 1 is 1.22 bits per heavy atom. The van der Waals surface area contributed by atoms with E-state index in [2.05, 4.69) is 21.4 Å². The summed E-state index contributed by atoms with van der Waals surface area (Å²) in [6.45, 7) is 2.37.